The lowest BCUT2D eigenvalue weighted by molar-refractivity contribution is 0.942. The third kappa shape index (κ3) is 2.49. The molecule has 170 valence electrons. The molecule has 4 heterocycles. The molecule has 8 aromatic rings. The number of para-hydroxylation sites is 3. The number of aromatic nitrogens is 5. The molecular weight excluding hydrogens is 442 g/mol. The predicted octanol–water partition coefficient (Wildman–Crippen LogP) is 7.14. The molecule has 4 aromatic heterocycles. The van der Waals surface area contributed by atoms with E-state index >= 15 is 0 Å². The highest BCUT2D eigenvalue weighted by Crippen LogP contribution is 2.38. The van der Waals surface area contributed by atoms with Crippen molar-refractivity contribution in [2.24, 2.45) is 7.05 Å². The van der Waals surface area contributed by atoms with Crippen LogP contribution in [0, 0.1) is 0 Å². The van der Waals surface area contributed by atoms with Crippen LogP contribution in [0.2, 0.25) is 0 Å². The molecule has 0 saturated heterocycles. The Labute approximate surface area is 206 Å². The molecule has 36 heavy (non-hydrogen) atoms. The Morgan fingerprint density at radius 2 is 1.36 bits per heavy atom. The van der Waals surface area contributed by atoms with Crippen molar-refractivity contribution in [2.45, 2.75) is 0 Å². The van der Waals surface area contributed by atoms with Gasteiger partial charge in [0.1, 0.15) is 11.0 Å². The molecule has 0 bridgehead atoms. The smallest absolute Gasteiger partial charge is 0.101 e. The summed E-state index contributed by atoms with van der Waals surface area (Å²) in [6.07, 6.45) is 3.89. The molecule has 0 aliphatic carbocycles. The second kappa shape index (κ2) is 7.06. The average Bonchev–Trinajstić information content (AvgIpc) is 3.63. The number of hydrogen-bond donors (Lipinski definition) is 0. The third-order valence-corrected chi connectivity index (χ3v) is 7.32. The van der Waals surface area contributed by atoms with E-state index < -0.39 is 0 Å². The quantitative estimate of drug-likeness (QED) is 0.273. The van der Waals surface area contributed by atoms with Gasteiger partial charge in [0.2, 0.25) is 0 Å². The van der Waals surface area contributed by atoms with E-state index in [1.54, 1.807) is 0 Å². The van der Waals surface area contributed by atoms with Crippen LogP contribution < -0.4 is 0 Å². The van der Waals surface area contributed by atoms with Crippen LogP contribution in [0.25, 0.3) is 66.1 Å². The molecule has 0 N–H and O–H groups in total. The maximum absolute atomic E-state index is 4.86. The van der Waals surface area contributed by atoms with Gasteiger partial charge in [0.25, 0.3) is 0 Å². The van der Waals surface area contributed by atoms with E-state index in [0.29, 0.717) is 0 Å². The number of benzene rings is 4. The summed E-state index contributed by atoms with van der Waals surface area (Å²) in [7, 11) is 2.05. The lowest BCUT2D eigenvalue weighted by Crippen LogP contribution is -1.95. The molecule has 0 fully saturated rings. The van der Waals surface area contributed by atoms with Crippen LogP contribution in [-0.2, 0) is 7.05 Å². The van der Waals surface area contributed by atoms with Crippen LogP contribution in [-0.4, -0.2) is 23.7 Å². The fourth-order valence-electron chi connectivity index (χ4n) is 5.73. The van der Waals surface area contributed by atoms with E-state index in [2.05, 4.69) is 118 Å². The van der Waals surface area contributed by atoms with Crippen LogP contribution >= 0.6 is 0 Å². The molecule has 0 aliphatic heterocycles. The van der Waals surface area contributed by atoms with Crippen molar-refractivity contribution in [3.8, 4) is 16.8 Å². The van der Waals surface area contributed by atoms with Crippen molar-refractivity contribution in [1.29, 1.82) is 0 Å². The number of nitrogens with zero attached hydrogens (tertiary/aromatic N) is 5. The number of pyridine rings is 1. The van der Waals surface area contributed by atoms with E-state index in [1.165, 1.54) is 21.8 Å². The topological polar surface area (TPSA) is 40.1 Å². The van der Waals surface area contributed by atoms with Crippen molar-refractivity contribution in [3.63, 3.8) is 0 Å². The number of hydrogen-bond acceptors (Lipinski definition) is 2. The minimum Gasteiger partial charge on any atom is -0.332 e. The molecule has 5 heteroatoms. The normalized spacial score (nSPS) is 12.0. The van der Waals surface area contributed by atoms with Gasteiger partial charge >= 0.3 is 0 Å². The molecule has 0 radical (unpaired) electrons. The second-order valence-corrected chi connectivity index (χ2v) is 9.31. The zero-order valence-corrected chi connectivity index (χ0v) is 19.6. The van der Waals surface area contributed by atoms with Crippen molar-refractivity contribution < 1.29 is 0 Å². The summed E-state index contributed by atoms with van der Waals surface area (Å²) in [5, 5.41) is 8.44. The summed E-state index contributed by atoms with van der Waals surface area (Å²) in [5.41, 5.74) is 10.0. The lowest BCUT2D eigenvalue weighted by Gasteiger charge is -2.09. The summed E-state index contributed by atoms with van der Waals surface area (Å²) >= 11 is 0. The van der Waals surface area contributed by atoms with E-state index in [9.17, 15) is 0 Å². The van der Waals surface area contributed by atoms with Gasteiger partial charge in [-0.3, -0.25) is 0 Å². The molecule has 0 spiro atoms. The molecule has 0 atom stereocenters. The Morgan fingerprint density at radius 1 is 0.639 bits per heavy atom. The van der Waals surface area contributed by atoms with Crippen molar-refractivity contribution in [2.75, 3.05) is 0 Å². The SMILES string of the molecule is Cn1cnc2c3ccccc3n3ncc(-c4ccc5c(c4)c4ccccc4n5-c4ccccc4)c3c21. The van der Waals surface area contributed by atoms with E-state index in [0.717, 1.165) is 44.3 Å². The van der Waals surface area contributed by atoms with Crippen LogP contribution in [0.15, 0.2) is 110 Å². The third-order valence-electron chi connectivity index (χ3n) is 7.32. The van der Waals surface area contributed by atoms with Gasteiger partial charge in [0.15, 0.2) is 0 Å². The molecule has 5 nitrogen and oxygen atoms in total. The first kappa shape index (κ1) is 19.4. The first-order chi connectivity index (χ1) is 17.8. The molecule has 0 saturated carbocycles. The Bertz CT molecular complexity index is 2110. The van der Waals surface area contributed by atoms with Gasteiger partial charge in [-0.15, -0.1) is 0 Å². The highest BCUT2D eigenvalue weighted by molar-refractivity contribution is 6.14. The minimum atomic E-state index is 1.00. The van der Waals surface area contributed by atoms with Crippen LogP contribution in [0.4, 0.5) is 0 Å². The van der Waals surface area contributed by atoms with Crippen molar-refractivity contribution >= 4 is 49.3 Å². The fourth-order valence-corrected chi connectivity index (χ4v) is 5.73. The summed E-state index contributed by atoms with van der Waals surface area (Å²) in [6.45, 7) is 0. The number of rotatable bonds is 2. The molecular formula is C31H21N5. The molecule has 0 amide bonds. The average molecular weight is 464 g/mol. The second-order valence-electron chi connectivity index (χ2n) is 9.31. The van der Waals surface area contributed by atoms with E-state index in [4.69, 9.17) is 10.1 Å². The Morgan fingerprint density at radius 3 is 2.22 bits per heavy atom. The zero-order valence-electron chi connectivity index (χ0n) is 19.6. The summed E-state index contributed by atoms with van der Waals surface area (Å²) in [5.74, 6) is 0. The molecule has 0 unspecified atom stereocenters. The Kier molecular flexibility index (Phi) is 3.80. The lowest BCUT2D eigenvalue weighted by atomic mass is 10.0. The molecule has 0 aliphatic rings. The standard InChI is InChI=1S/C31H21N5/c1-34-19-32-29-23-12-6-8-14-28(23)36-30(31(29)34)25(18-33-36)20-15-16-27-24(17-20)22-11-5-7-13-26(22)35(27)21-9-3-2-4-10-21/h2-19H,1H3. The van der Waals surface area contributed by atoms with Gasteiger partial charge in [-0.25, -0.2) is 9.50 Å². The van der Waals surface area contributed by atoms with Gasteiger partial charge < -0.3 is 9.13 Å². The van der Waals surface area contributed by atoms with E-state index in [-0.39, 0.29) is 0 Å². The highest BCUT2D eigenvalue weighted by atomic mass is 15.2. The minimum absolute atomic E-state index is 1.00. The van der Waals surface area contributed by atoms with Gasteiger partial charge in [0.05, 0.1) is 34.6 Å². The van der Waals surface area contributed by atoms with Crippen molar-refractivity contribution in [1.82, 2.24) is 23.7 Å². The number of aryl methyl sites for hydroxylation is 1. The van der Waals surface area contributed by atoms with Crippen molar-refractivity contribution in [3.05, 3.63) is 110 Å². The number of fused-ring (bicyclic) bond motifs is 9. The fraction of sp³-hybridized carbons (Fsp3) is 0.0323. The first-order valence-corrected chi connectivity index (χ1v) is 12.1. The van der Waals surface area contributed by atoms with Gasteiger partial charge in [0, 0.05) is 34.5 Å². The highest BCUT2D eigenvalue weighted by Gasteiger charge is 2.19. The van der Waals surface area contributed by atoms with Gasteiger partial charge in [-0.1, -0.05) is 60.7 Å². The summed E-state index contributed by atoms with van der Waals surface area (Å²) < 4.78 is 6.51. The maximum atomic E-state index is 4.86. The monoisotopic (exact) mass is 463 g/mol. The first-order valence-electron chi connectivity index (χ1n) is 12.1. The van der Waals surface area contributed by atoms with Crippen LogP contribution in [0.3, 0.4) is 0 Å². The Hall–Kier alpha value is -4.90. The van der Waals surface area contributed by atoms with Gasteiger partial charge in [-0.05, 0) is 42.0 Å². The Balaban J connectivity index is 1.47. The van der Waals surface area contributed by atoms with Crippen LogP contribution in [0.5, 0.6) is 0 Å². The predicted molar refractivity (Wildman–Crippen MR) is 147 cm³/mol. The number of imidazole rings is 1. The largest absolute Gasteiger partial charge is 0.332 e. The maximum Gasteiger partial charge on any atom is 0.101 e. The summed E-state index contributed by atoms with van der Waals surface area (Å²) in [4.78, 5) is 4.76. The zero-order chi connectivity index (χ0) is 23.8. The van der Waals surface area contributed by atoms with Gasteiger partial charge in [-0.2, -0.15) is 5.10 Å². The van der Waals surface area contributed by atoms with E-state index in [1.807, 2.05) is 12.5 Å². The molecule has 4 aromatic carbocycles. The van der Waals surface area contributed by atoms with Crippen LogP contribution in [0.1, 0.15) is 0 Å². The molecule has 8 rings (SSSR count). The summed E-state index contributed by atoms with van der Waals surface area (Å²) in [6, 6.07) is 34.3.